The zero-order valence-electron chi connectivity index (χ0n) is 7.12. The van der Waals surface area contributed by atoms with Crippen molar-refractivity contribution in [2.24, 2.45) is 0 Å². The van der Waals surface area contributed by atoms with Crippen molar-refractivity contribution in [1.82, 2.24) is 4.90 Å². The van der Waals surface area contributed by atoms with Crippen LogP contribution >= 0.6 is 0 Å². The van der Waals surface area contributed by atoms with Gasteiger partial charge in [0.1, 0.15) is 0 Å². The predicted octanol–water partition coefficient (Wildman–Crippen LogP) is 1.71. The van der Waals surface area contributed by atoms with Crippen LogP contribution in [-0.2, 0) is 0 Å². The van der Waals surface area contributed by atoms with E-state index >= 15 is 0 Å². The molecule has 1 fully saturated rings. The molecule has 0 unspecified atom stereocenters. The van der Waals surface area contributed by atoms with Gasteiger partial charge in [0.05, 0.1) is 0 Å². The largest absolute Gasteiger partial charge is 0.305 e. The van der Waals surface area contributed by atoms with Gasteiger partial charge in [-0.3, -0.25) is 0 Å². The van der Waals surface area contributed by atoms with Crippen molar-refractivity contribution in [1.29, 1.82) is 0 Å². The third kappa shape index (κ3) is 3.76. The first-order chi connectivity index (χ1) is 5.29. The summed E-state index contributed by atoms with van der Waals surface area (Å²) in [6.45, 7) is 2.08. The first kappa shape index (κ1) is 9.05. The number of nitrogens with zero attached hydrogens (tertiary/aromatic N) is 1. The molecular weight excluding hydrogens is 134 g/mol. The van der Waals surface area contributed by atoms with E-state index in [1.54, 1.807) is 0 Å². The lowest BCUT2D eigenvalue weighted by Gasteiger charge is -2.10. The second-order valence-corrected chi connectivity index (χ2v) is 2.85. The molecule has 59 valence electrons. The Kier molecular flexibility index (Phi) is 3.92. The Balaban J connectivity index is 1.94. The summed E-state index contributed by atoms with van der Waals surface area (Å²) in [5, 5.41) is 0. The van der Waals surface area contributed by atoms with Gasteiger partial charge in [0.15, 0.2) is 0 Å². The molecule has 0 amide bonds. The summed E-state index contributed by atoms with van der Waals surface area (Å²) < 4.78 is 0. The Morgan fingerprint density at radius 1 is 1.27 bits per heavy atom. The summed E-state index contributed by atoms with van der Waals surface area (Å²) in [7, 11) is 4.06. The van der Waals surface area contributed by atoms with Crippen molar-refractivity contribution >= 4 is 0 Å². The van der Waals surface area contributed by atoms with Crippen molar-refractivity contribution in [3.8, 4) is 0 Å². The molecular formula is C10H14N. The zero-order chi connectivity index (χ0) is 8.10. The molecule has 1 nitrogen and oxygen atoms in total. The second-order valence-electron chi connectivity index (χ2n) is 2.85. The predicted molar refractivity (Wildman–Crippen MR) is 47.3 cm³/mol. The average molecular weight is 148 g/mol. The molecule has 0 aliphatic heterocycles. The van der Waals surface area contributed by atoms with Gasteiger partial charge in [0, 0.05) is 6.54 Å². The highest BCUT2D eigenvalue weighted by Gasteiger charge is 2.15. The molecule has 0 aromatic heterocycles. The van der Waals surface area contributed by atoms with E-state index in [4.69, 9.17) is 0 Å². The minimum absolute atomic E-state index is 1.03. The maximum Gasteiger partial charge on any atom is 0.0279 e. The maximum absolute atomic E-state index is 2.16. The van der Waals surface area contributed by atoms with Gasteiger partial charge >= 0.3 is 0 Å². The van der Waals surface area contributed by atoms with Gasteiger partial charge in [-0.1, -0.05) is 0 Å². The maximum atomic E-state index is 2.16. The first-order valence-electron chi connectivity index (χ1n) is 3.83. The summed E-state index contributed by atoms with van der Waals surface area (Å²) in [5.74, 6) is 1.38. The van der Waals surface area contributed by atoms with Crippen molar-refractivity contribution in [3.63, 3.8) is 0 Å². The normalized spacial score (nSPS) is 19.9. The van der Waals surface area contributed by atoms with Crippen molar-refractivity contribution in [2.45, 2.75) is 6.42 Å². The fourth-order valence-electron chi connectivity index (χ4n) is 0.950. The van der Waals surface area contributed by atoms with Crippen LogP contribution in [0.15, 0.2) is 0 Å². The fraction of sp³-hybridized carbons (Fsp3) is 0.300. The second kappa shape index (κ2) is 4.76. The third-order valence-corrected chi connectivity index (χ3v) is 1.49. The Hall–Kier alpha value is -0.0400. The van der Waals surface area contributed by atoms with Gasteiger partial charge < -0.3 is 4.90 Å². The van der Waals surface area contributed by atoms with Crippen LogP contribution in [0.3, 0.4) is 0 Å². The van der Waals surface area contributed by atoms with Gasteiger partial charge in [-0.25, -0.2) is 0 Å². The van der Waals surface area contributed by atoms with Crippen molar-refractivity contribution in [3.05, 3.63) is 44.6 Å². The zero-order valence-corrected chi connectivity index (χ0v) is 7.12. The van der Waals surface area contributed by atoms with E-state index < -0.39 is 0 Å². The van der Waals surface area contributed by atoms with Crippen LogP contribution in [-0.4, -0.2) is 19.0 Å². The summed E-state index contributed by atoms with van der Waals surface area (Å²) in [6, 6.07) is 0. The van der Waals surface area contributed by atoms with Crippen LogP contribution in [0.5, 0.6) is 0 Å². The molecule has 1 saturated carbocycles. The molecule has 0 N–H and O–H groups in total. The van der Waals surface area contributed by atoms with E-state index in [0.29, 0.717) is 0 Å². The Bertz CT molecular complexity index is 93.0. The molecule has 0 heterocycles. The van der Waals surface area contributed by atoms with Gasteiger partial charge in [0.25, 0.3) is 0 Å². The van der Waals surface area contributed by atoms with E-state index in [0.717, 1.165) is 6.42 Å². The van der Waals surface area contributed by atoms with Gasteiger partial charge in [-0.05, 0) is 58.5 Å². The third-order valence-electron chi connectivity index (χ3n) is 1.49. The molecule has 1 heteroatoms. The SMILES string of the molecule is CN(C)[CH][CH]C[C]1[CH][CH][CH][CH]1. The molecule has 0 saturated heterocycles. The van der Waals surface area contributed by atoms with Gasteiger partial charge in [-0.15, -0.1) is 0 Å². The van der Waals surface area contributed by atoms with E-state index in [9.17, 15) is 0 Å². The van der Waals surface area contributed by atoms with Crippen LogP contribution < -0.4 is 0 Å². The molecule has 1 aliphatic rings. The lowest BCUT2D eigenvalue weighted by molar-refractivity contribution is 0.506. The number of hydrogen-bond acceptors (Lipinski definition) is 1. The van der Waals surface area contributed by atoms with Crippen molar-refractivity contribution < 1.29 is 0 Å². The summed E-state index contributed by atoms with van der Waals surface area (Å²) in [6.07, 6.45) is 11.6. The number of rotatable bonds is 4. The highest BCUT2D eigenvalue weighted by atomic mass is 15.0. The molecule has 1 rings (SSSR count). The molecule has 11 heavy (non-hydrogen) atoms. The first-order valence-corrected chi connectivity index (χ1v) is 3.83. The van der Waals surface area contributed by atoms with E-state index in [2.05, 4.69) is 38.6 Å². The van der Waals surface area contributed by atoms with Crippen LogP contribution in [0.2, 0.25) is 0 Å². The summed E-state index contributed by atoms with van der Waals surface area (Å²) in [5.41, 5.74) is 0. The molecule has 1 aliphatic carbocycles. The number of hydrogen-bond donors (Lipinski definition) is 0. The quantitative estimate of drug-likeness (QED) is 0.586. The highest BCUT2D eigenvalue weighted by Crippen LogP contribution is 2.27. The van der Waals surface area contributed by atoms with E-state index in [1.165, 1.54) is 5.92 Å². The van der Waals surface area contributed by atoms with Crippen LogP contribution in [0.25, 0.3) is 0 Å². The minimum atomic E-state index is 1.03. The molecule has 0 aromatic rings. The lowest BCUT2D eigenvalue weighted by Crippen LogP contribution is -2.08. The summed E-state index contributed by atoms with van der Waals surface area (Å²) in [4.78, 5) is 2.04. The topological polar surface area (TPSA) is 3.24 Å². The standard InChI is InChI=1S/C10H14N/c1-11(2)9-5-8-10-6-3-4-7-10/h3-7,9H,8H2,1-2H3. The molecule has 0 atom stereocenters. The van der Waals surface area contributed by atoms with Crippen LogP contribution in [0, 0.1) is 44.6 Å². The Morgan fingerprint density at radius 3 is 2.45 bits per heavy atom. The average Bonchev–Trinajstić information content (AvgIpc) is 2.39. The van der Waals surface area contributed by atoms with E-state index in [-0.39, 0.29) is 0 Å². The highest BCUT2D eigenvalue weighted by molar-refractivity contribution is 5.36. The lowest BCUT2D eigenvalue weighted by atomic mass is 10.0. The van der Waals surface area contributed by atoms with Gasteiger partial charge in [0.2, 0.25) is 0 Å². The fourth-order valence-corrected chi connectivity index (χ4v) is 0.950. The van der Waals surface area contributed by atoms with Crippen LogP contribution in [0.4, 0.5) is 0 Å². The summed E-state index contributed by atoms with van der Waals surface area (Å²) >= 11 is 0. The van der Waals surface area contributed by atoms with Gasteiger partial charge in [-0.2, -0.15) is 0 Å². The minimum Gasteiger partial charge on any atom is -0.305 e. The monoisotopic (exact) mass is 148 g/mol. The molecule has 0 bridgehead atoms. The van der Waals surface area contributed by atoms with Crippen molar-refractivity contribution in [2.75, 3.05) is 14.1 Å². The molecule has 0 spiro atoms. The van der Waals surface area contributed by atoms with Crippen LogP contribution in [0.1, 0.15) is 6.42 Å². The Labute approximate surface area is 70.8 Å². The van der Waals surface area contributed by atoms with E-state index in [1.807, 2.05) is 19.0 Å². The molecule has 7 radical (unpaired) electrons. The molecule has 0 aromatic carbocycles. The Morgan fingerprint density at radius 2 is 1.91 bits per heavy atom. The smallest absolute Gasteiger partial charge is 0.0279 e.